The van der Waals surface area contributed by atoms with Crippen molar-refractivity contribution in [2.24, 2.45) is 0 Å². The van der Waals surface area contributed by atoms with Crippen molar-refractivity contribution in [1.29, 1.82) is 0 Å². The molecule has 0 saturated carbocycles. The minimum absolute atomic E-state index is 0.633. The number of benzene rings is 2. The molecule has 1 aromatic heterocycles. The molecule has 3 aromatic rings. The Morgan fingerprint density at radius 3 is 2.42 bits per heavy atom. The van der Waals surface area contributed by atoms with Gasteiger partial charge >= 0.3 is 0 Å². The van der Waals surface area contributed by atoms with Gasteiger partial charge in [0.05, 0.1) is 11.2 Å². The molecule has 92 valence electrons. The third-order valence-electron chi connectivity index (χ3n) is 2.99. The molecule has 1 heterocycles. The molecule has 0 saturated heterocycles. The molecule has 0 fully saturated rings. The maximum absolute atomic E-state index is 10.8. The van der Waals surface area contributed by atoms with Crippen LogP contribution in [0.1, 0.15) is 10.4 Å². The monoisotopic (exact) mass is 267 g/mol. The third-order valence-corrected chi connectivity index (χ3v) is 3.24. The summed E-state index contributed by atoms with van der Waals surface area (Å²) in [4.78, 5) is 15.4. The first-order valence-electron chi connectivity index (χ1n) is 5.88. The van der Waals surface area contributed by atoms with E-state index in [1.807, 2.05) is 42.5 Å². The van der Waals surface area contributed by atoms with Crippen LogP contribution >= 0.6 is 11.6 Å². The van der Waals surface area contributed by atoms with Gasteiger partial charge in [0.15, 0.2) is 0 Å². The first-order valence-corrected chi connectivity index (χ1v) is 6.26. The van der Waals surface area contributed by atoms with E-state index in [2.05, 4.69) is 4.98 Å². The average Bonchev–Trinajstić information content (AvgIpc) is 2.47. The molecule has 0 spiro atoms. The minimum atomic E-state index is 0.633. The smallest absolute Gasteiger partial charge is 0.150 e. The molecular formula is C16H10ClNO. The van der Waals surface area contributed by atoms with Crippen LogP contribution in [-0.4, -0.2) is 11.3 Å². The lowest BCUT2D eigenvalue weighted by atomic mass is 10.1. The highest BCUT2D eigenvalue weighted by Crippen LogP contribution is 2.23. The molecule has 3 rings (SSSR count). The Balaban J connectivity index is 2.14. The van der Waals surface area contributed by atoms with E-state index >= 15 is 0 Å². The van der Waals surface area contributed by atoms with Gasteiger partial charge in [-0.15, -0.1) is 0 Å². The van der Waals surface area contributed by atoms with Crippen molar-refractivity contribution < 1.29 is 4.79 Å². The lowest BCUT2D eigenvalue weighted by molar-refractivity contribution is 0.112. The summed E-state index contributed by atoms with van der Waals surface area (Å²) in [6.45, 7) is 0. The standard InChI is InChI=1S/C16H10ClNO/c17-14-6-3-12(4-7-14)15-8-5-13-2-1-11(10-19)9-16(13)18-15/h1-10H. The van der Waals surface area contributed by atoms with Crippen molar-refractivity contribution in [2.75, 3.05) is 0 Å². The van der Waals surface area contributed by atoms with Crippen molar-refractivity contribution in [3.8, 4) is 11.3 Å². The van der Waals surface area contributed by atoms with E-state index < -0.39 is 0 Å². The molecular weight excluding hydrogens is 258 g/mol. The fourth-order valence-electron chi connectivity index (χ4n) is 1.99. The van der Waals surface area contributed by atoms with Crippen LogP contribution in [0, 0.1) is 0 Å². The van der Waals surface area contributed by atoms with Crippen molar-refractivity contribution in [3.05, 3.63) is 65.2 Å². The van der Waals surface area contributed by atoms with Gasteiger partial charge in [0.2, 0.25) is 0 Å². The number of aromatic nitrogens is 1. The normalized spacial score (nSPS) is 10.6. The van der Waals surface area contributed by atoms with E-state index in [0.717, 1.165) is 28.4 Å². The number of fused-ring (bicyclic) bond motifs is 1. The molecule has 0 bridgehead atoms. The fourth-order valence-corrected chi connectivity index (χ4v) is 2.11. The van der Waals surface area contributed by atoms with Gasteiger partial charge in [0, 0.05) is 21.5 Å². The van der Waals surface area contributed by atoms with Gasteiger partial charge in [-0.05, 0) is 24.3 Å². The van der Waals surface area contributed by atoms with Crippen LogP contribution in [0.3, 0.4) is 0 Å². The molecule has 0 radical (unpaired) electrons. The molecule has 2 nitrogen and oxygen atoms in total. The summed E-state index contributed by atoms with van der Waals surface area (Å²) in [5.41, 5.74) is 3.32. The molecule has 0 amide bonds. The number of aldehydes is 1. The summed E-state index contributed by atoms with van der Waals surface area (Å²) >= 11 is 5.87. The number of carbonyl (C=O) groups is 1. The molecule has 0 aliphatic rings. The molecule has 0 unspecified atom stereocenters. The zero-order chi connectivity index (χ0) is 13.2. The minimum Gasteiger partial charge on any atom is -0.298 e. The molecule has 0 aliphatic heterocycles. The van der Waals surface area contributed by atoms with Gasteiger partial charge in [-0.2, -0.15) is 0 Å². The second-order valence-corrected chi connectivity index (χ2v) is 4.71. The van der Waals surface area contributed by atoms with Crippen LogP contribution in [0.15, 0.2) is 54.6 Å². The molecule has 3 heteroatoms. The maximum atomic E-state index is 10.8. The Bertz CT molecular complexity index is 750. The fraction of sp³-hybridized carbons (Fsp3) is 0. The first-order chi connectivity index (χ1) is 9.26. The zero-order valence-electron chi connectivity index (χ0n) is 10.0. The number of halogens is 1. The van der Waals surface area contributed by atoms with Gasteiger partial charge < -0.3 is 0 Å². The zero-order valence-corrected chi connectivity index (χ0v) is 10.8. The predicted octanol–water partition coefficient (Wildman–Crippen LogP) is 4.37. The van der Waals surface area contributed by atoms with E-state index in [0.29, 0.717) is 10.6 Å². The molecule has 2 aromatic carbocycles. The summed E-state index contributed by atoms with van der Waals surface area (Å²) in [7, 11) is 0. The first kappa shape index (κ1) is 11.9. The Kier molecular flexibility index (Phi) is 3.02. The highest BCUT2D eigenvalue weighted by molar-refractivity contribution is 6.30. The summed E-state index contributed by atoms with van der Waals surface area (Å²) in [6.07, 6.45) is 0.829. The van der Waals surface area contributed by atoms with Gasteiger partial charge in [-0.3, -0.25) is 4.79 Å². The molecule has 0 N–H and O–H groups in total. The predicted molar refractivity (Wildman–Crippen MR) is 77.6 cm³/mol. The van der Waals surface area contributed by atoms with Crippen molar-refractivity contribution >= 4 is 28.8 Å². The molecule has 0 atom stereocenters. The average molecular weight is 268 g/mol. The van der Waals surface area contributed by atoms with Gasteiger partial charge in [0.25, 0.3) is 0 Å². The highest BCUT2D eigenvalue weighted by Gasteiger charge is 2.02. The topological polar surface area (TPSA) is 30.0 Å². The van der Waals surface area contributed by atoms with Crippen LogP contribution in [0.25, 0.3) is 22.2 Å². The largest absolute Gasteiger partial charge is 0.298 e. The lowest BCUT2D eigenvalue weighted by Crippen LogP contribution is -1.87. The lowest BCUT2D eigenvalue weighted by Gasteiger charge is -2.04. The van der Waals surface area contributed by atoms with E-state index in [9.17, 15) is 4.79 Å². The summed E-state index contributed by atoms with van der Waals surface area (Å²) < 4.78 is 0. The highest BCUT2D eigenvalue weighted by atomic mass is 35.5. The van der Waals surface area contributed by atoms with Crippen molar-refractivity contribution in [3.63, 3.8) is 0 Å². The Morgan fingerprint density at radius 2 is 1.68 bits per heavy atom. The SMILES string of the molecule is O=Cc1ccc2ccc(-c3ccc(Cl)cc3)nc2c1. The number of carbonyl (C=O) groups excluding carboxylic acids is 1. The van der Waals surface area contributed by atoms with Crippen LogP contribution in [-0.2, 0) is 0 Å². The van der Waals surface area contributed by atoms with E-state index in [1.165, 1.54) is 0 Å². The number of nitrogens with zero attached hydrogens (tertiary/aromatic N) is 1. The second kappa shape index (κ2) is 4.82. The van der Waals surface area contributed by atoms with Crippen molar-refractivity contribution in [2.45, 2.75) is 0 Å². The summed E-state index contributed by atoms with van der Waals surface area (Å²) in [5, 5.41) is 1.72. The number of rotatable bonds is 2. The summed E-state index contributed by atoms with van der Waals surface area (Å²) in [5.74, 6) is 0. The Hall–Kier alpha value is -2.19. The number of hydrogen-bond acceptors (Lipinski definition) is 2. The second-order valence-electron chi connectivity index (χ2n) is 4.27. The number of pyridine rings is 1. The Labute approximate surface area is 115 Å². The van der Waals surface area contributed by atoms with Gasteiger partial charge in [-0.1, -0.05) is 41.9 Å². The van der Waals surface area contributed by atoms with Gasteiger partial charge in [0.1, 0.15) is 6.29 Å². The van der Waals surface area contributed by atoms with Crippen LogP contribution in [0.2, 0.25) is 5.02 Å². The van der Waals surface area contributed by atoms with E-state index in [-0.39, 0.29) is 0 Å². The number of hydrogen-bond donors (Lipinski definition) is 0. The van der Waals surface area contributed by atoms with Crippen LogP contribution in [0.5, 0.6) is 0 Å². The van der Waals surface area contributed by atoms with Crippen molar-refractivity contribution in [1.82, 2.24) is 4.98 Å². The molecule has 19 heavy (non-hydrogen) atoms. The van der Waals surface area contributed by atoms with E-state index in [1.54, 1.807) is 12.1 Å². The van der Waals surface area contributed by atoms with E-state index in [4.69, 9.17) is 11.6 Å². The summed E-state index contributed by atoms with van der Waals surface area (Å²) in [6, 6.07) is 17.0. The van der Waals surface area contributed by atoms with Crippen LogP contribution in [0.4, 0.5) is 0 Å². The van der Waals surface area contributed by atoms with Crippen LogP contribution < -0.4 is 0 Å². The quantitative estimate of drug-likeness (QED) is 0.646. The maximum Gasteiger partial charge on any atom is 0.150 e. The third kappa shape index (κ3) is 2.35. The van der Waals surface area contributed by atoms with Gasteiger partial charge in [-0.25, -0.2) is 4.98 Å². The molecule has 0 aliphatic carbocycles. The Morgan fingerprint density at radius 1 is 0.947 bits per heavy atom.